The summed E-state index contributed by atoms with van der Waals surface area (Å²) >= 11 is 0. The van der Waals surface area contributed by atoms with Gasteiger partial charge >= 0.3 is 5.97 Å². The van der Waals surface area contributed by atoms with Gasteiger partial charge in [-0.15, -0.1) is 11.1 Å². The average Bonchev–Trinajstić information content (AvgIpc) is 2.37. The molecule has 18 heavy (non-hydrogen) atoms. The van der Waals surface area contributed by atoms with Crippen molar-refractivity contribution >= 4 is 5.97 Å². The van der Waals surface area contributed by atoms with Crippen molar-refractivity contribution in [3.8, 4) is 0 Å². The molecular weight excluding hydrogens is 238 g/mol. The maximum atomic E-state index is 11.1. The van der Waals surface area contributed by atoms with Gasteiger partial charge in [-0.25, -0.2) is 4.79 Å². The molecule has 0 amide bonds. The number of carboxylic acid groups (broad SMARTS) is 1. The highest BCUT2D eigenvalue weighted by atomic mass is 16.4. The molecule has 0 saturated carbocycles. The van der Waals surface area contributed by atoms with Crippen molar-refractivity contribution in [2.75, 3.05) is 0 Å². The second-order valence-corrected chi connectivity index (χ2v) is 3.22. The molecule has 9 nitrogen and oxygen atoms in total. The zero-order chi connectivity index (χ0) is 13.4. The molecule has 0 aliphatic heterocycles. The van der Waals surface area contributed by atoms with E-state index in [0.717, 1.165) is 5.56 Å². The molecule has 0 saturated heterocycles. The van der Waals surface area contributed by atoms with Gasteiger partial charge in [-0.2, -0.15) is 14.9 Å². The predicted molar refractivity (Wildman–Crippen MR) is 61.7 cm³/mol. The molecule has 1 atom stereocenters. The van der Waals surface area contributed by atoms with E-state index in [1.165, 1.54) is 0 Å². The summed E-state index contributed by atoms with van der Waals surface area (Å²) in [6.07, 6.45) is 0.0498. The molecule has 1 aromatic rings. The number of azide groups is 1. The van der Waals surface area contributed by atoms with Gasteiger partial charge in [-0.3, -0.25) is 0 Å². The summed E-state index contributed by atoms with van der Waals surface area (Å²) in [6.45, 7) is 0. The lowest BCUT2D eigenvalue weighted by atomic mass is 10.1. The van der Waals surface area contributed by atoms with Gasteiger partial charge < -0.3 is 5.11 Å². The number of hydrogen-bond donors (Lipinski definition) is 1. The number of aliphatic carboxylic acids is 1. The Kier molecular flexibility index (Phi) is 4.86. The van der Waals surface area contributed by atoms with E-state index in [1.54, 1.807) is 30.3 Å². The fraction of sp³-hybridized carbons (Fsp3) is 0.222. The summed E-state index contributed by atoms with van der Waals surface area (Å²) in [5, 5.41) is 15.6. The summed E-state index contributed by atoms with van der Waals surface area (Å²) in [5.74, 6) is -1.25. The Balaban J connectivity index is 2.98. The number of nitrogens with zero attached hydrogens (tertiary/aromatic N) is 7. The molecule has 92 valence electrons. The first kappa shape index (κ1) is 13.2. The van der Waals surface area contributed by atoms with E-state index in [9.17, 15) is 4.79 Å². The van der Waals surface area contributed by atoms with E-state index in [2.05, 4.69) is 20.3 Å². The van der Waals surface area contributed by atoms with Gasteiger partial charge in [0.2, 0.25) is 6.04 Å². The highest BCUT2D eigenvalue weighted by Crippen LogP contribution is 2.11. The molecule has 1 aromatic carbocycles. The van der Waals surface area contributed by atoms with Gasteiger partial charge in [-0.05, 0) is 16.0 Å². The lowest BCUT2D eigenvalue weighted by Crippen LogP contribution is -2.35. The van der Waals surface area contributed by atoms with Crippen molar-refractivity contribution in [2.45, 2.75) is 12.5 Å². The summed E-state index contributed by atoms with van der Waals surface area (Å²) in [7, 11) is 0. The number of hydrogen-bond acceptors (Lipinski definition) is 3. The van der Waals surface area contributed by atoms with E-state index in [-0.39, 0.29) is 6.42 Å². The molecule has 9 heteroatoms. The van der Waals surface area contributed by atoms with Crippen molar-refractivity contribution in [1.82, 2.24) is 5.12 Å². The number of rotatable bonds is 6. The summed E-state index contributed by atoms with van der Waals surface area (Å²) in [4.78, 5) is 15.9. The topological polar surface area (TPSA) is 138 Å². The third-order valence-electron chi connectivity index (χ3n) is 2.10. The minimum atomic E-state index is -1.25. The second-order valence-electron chi connectivity index (χ2n) is 3.22. The fourth-order valence-corrected chi connectivity index (χ4v) is 1.33. The molecule has 0 aromatic heterocycles. The zero-order valence-electron chi connectivity index (χ0n) is 9.16. The molecule has 0 heterocycles. The molecule has 0 spiro atoms. The minimum absolute atomic E-state index is 0.0498. The van der Waals surface area contributed by atoms with E-state index in [4.69, 9.17) is 16.2 Å². The van der Waals surface area contributed by atoms with Gasteiger partial charge in [-0.1, -0.05) is 30.3 Å². The quantitative estimate of drug-likeness (QED) is 0.357. The Hall–Kier alpha value is -2.89. The zero-order valence-corrected chi connectivity index (χ0v) is 9.16. The molecule has 1 N–H and O–H groups in total. The highest BCUT2D eigenvalue weighted by Gasteiger charge is 2.27. The lowest BCUT2D eigenvalue weighted by Gasteiger charge is -2.16. The SMILES string of the molecule is [N-]=[N+]=NN(N=[N+]=[N-])C(Cc1ccccc1)C(=O)O. The molecule has 0 aliphatic rings. The van der Waals surface area contributed by atoms with Gasteiger partial charge in [0.1, 0.15) is 0 Å². The molecule has 1 rings (SSSR count). The van der Waals surface area contributed by atoms with E-state index >= 15 is 0 Å². The van der Waals surface area contributed by atoms with Crippen LogP contribution in [0.15, 0.2) is 40.8 Å². The van der Waals surface area contributed by atoms with Crippen molar-refractivity contribution in [1.29, 1.82) is 0 Å². The first-order valence-electron chi connectivity index (χ1n) is 4.85. The molecule has 0 bridgehead atoms. The van der Waals surface area contributed by atoms with Gasteiger partial charge in [0, 0.05) is 6.42 Å². The van der Waals surface area contributed by atoms with Gasteiger partial charge in [0.15, 0.2) is 0 Å². The van der Waals surface area contributed by atoms with Crippen LogP contribution in [0.4, 0.5) is 0 Å². The first-order valence-corrected chi connectivity index (χ1v) is 4.85. The number of benzene rings is 1. The largest absolute Gasteiger partial charge is 0.478 e. The standard InChI is InChI=1S/C9H9N7O2/c10-12-14-16(15-13-11)8(9(17)18)6-7-4-2-1-3-5-7/h1-5,8H,6H2,(H,17,18). The van der Waals surface area contributed by atoms with E-state index in [0.29, 0.717) is 5.12 Å². The summed E-state index contributed by atoms with van der Waals surface area (Å²) < 4.78 is 0. The van der Waals surface area contributed by atoms with Crippen LogP contribution in [0.2, 0.25) is 0 Å². The molecule has 0 fully saturated rings. The van der Waals surface area contributed by atoms with E-state index < -0.39 is 12.0 Å². The highest BCUT2D eigenvalue weighted by molar-refractivity contribution is 5.73. The van der Waals surface area contributed by atoms with Crippen LogP contribution in [-0.2, 0) is 11.2 Å². The van der Waals surface area contributed by atoms with Crippen LogP contribution >= 0.6 is 0 Å². The van der Waals surface area contributed by atoms with E-state index in [1.807, 2.05) is 0 Å². The Morgan fingerprint density at radius 1 is 1.28 bits per heavy atom. The van der Waals surface area contributed by atoms with Crippen LogP contribution in [0.5, 0.6) is 0 Å². The first-order chi connectivity index (χ1) is 8.69. The maximum Gasteiger partial charge on any atom is 0.350 e. The smallest absolute Gasteiger partial charge is 0.350 e. The molecule has 0 aliphatic carbocycles. The Morgan fingerprint density at radius 2 is 1.83 bits per heavy atom. The summed E-state index contributed by atoms with van der Waals surface area (Å²) in [6, 6.07) is 7.48. The van der Waals surface area contributed by atoms with Crippen LogP contribution in [0.1, 0.15) is 5.56 Å². The third kappa shape index (κ3) is 3.60. The van der Waals surface area contributed by atoms with Crippen LogP contribution in [-0.4, -0.2) is 22.2 Å². The van der Waals surface area contributed by atoms with Crippen molar-refractivity contribution < 1.29 is 9.90 Å². The Morgan fingerprint density at radius 3 is 2.28 bits per heavy atom. The number of carbonyl (C=O) groups is 1. The second kappa shape index (κ2) is 6.64. The normalized spacial score (nSPS) is 10.7. The fourth-order valence-electron chi connectivity index (χ4n) is 1.33. The van der Waals surface area contributed by atoms with Gasteiger partial charge in [0.25, 0.3) is 0 Å². The predicted octanol–water partition coefficient (Wildman–Crippen LogP) is 2.43. The number of carboxylic acids is 1. The Bertz CT molecular complexity index is 487. The lowest BCUT2D eigenvalue weighted by molar-refractivity contribution is -0.143. The van der Waals surface area contributed by atoms with Crippen molar-refractivity contribution in [3.05, 3.63) is 56.8 Å². The molecular formula is C9H9N7O2. The minimum Gasteiger partial charge on any atom is -0.478 e. The van der Waals surface area contributed by atoms with Crippen LogP contribution in [0, 0.1) is 0 Å². The van der Waals surface area contributed by atoms with Crippen LogP contribution in [0.25, 0.3) is 20.9 Å². The monoisotopic (exact) mass is 247 g/mol. The van der Waals surface area contributed by atoms with Crippen LogP contribution < -0.4 is 0 Å². The van der Waals surface area contributed by atoms with Gasteiger partial charge in [0.05, 0.1) is 0 Å². The summed E-state index contributed by atoms with van der Waals surface area (Å²) in [5.41, 5.74) is 17.3. The van der Waals surface area contributed by atoms with Crippen molar-refractivity contribution in [3.63, 3.8) is 0 Å². The van der Waals surface area contributed by atoms with Crippen LogP contribution in [0.3, 0.4) is 0 Å². The third-order valence-corrected chi connectivity index (χ3v) is 2.10. The molecule has 1 unspecified atom stereocenters. The average molecular weight is 247 g/mol. The molecule has 0 radical (unpaired) electrons. The Labute approximate surface area is 101 Å². The van der Waals surface area contributed by atoms with Crippen molar-refractivity contribution in [2.24, 2.45) is 10.4 Å². The maximum absolute atomic E-state index is 11.1.